The molecule has 1 rings (SSSR count). The Hall–Kier alpha value is -0.780. The summed E-state index contributed by atoms with van der Waals surface area (Å²) in [5.41, 5.74) is 4.43. The first-order valence-corrected chi connectivity index (χ1v) is 6.76. The summed E-state index contributed by atoms with van der Waals surface area (Å²) in [6, 6.07) is 6.91. The lowest BCUT2D eigenvalue weighted by Crippen LogP contribution is -2.00. The normalized spacial score (nSPS) is 12.8. The maximum Gasteiger partial charge on any atom is -0.0162 e. The Kier molecular flexibility index (Phi) is 5.59. The molecule has 16 heavy (non-hydrogen) atoms. The zero-order valence-corrected chi connectivity index (χ0v) is 11.3. The van der Waals surface area contributed by atoms with Crippen LogP contribution in [0.5, 0.6) is 0 Å². The van der Waals surface area contributed by atoms with Gasteiger partial charge < -0.3 is 0 Å². The van der Waals surface area contributed by atoms with Crippen LogP contribution >= 0.6 is 0 Å². The molecule has 0 amide bonds. The second-order valence-electron chi connectivity index (χ2n) is 4.96. The van der Waals surface area contributed by atoms with Crippen molar-refractivity contribution >= 4 is 0 Å². The highest BCUT2D eigenvalue weighted by atomic mass is 14.2. The standard InChI is InChI=1S/C16H26/c1-5-7-8-9-15(6-2)16-11-10-13(3)12-14(16)4/h10-12,15H,5-9H2,1-4H3. The zero-order chi connectivity index (χ0) is 12.0. The molecular formula is C16H26. The Labute approximate surface area is 101 Å². The van der Waals surface area contributed by atoms with E-state index in [1.54, 1.807) is 5.56 Å². The fourth-order valence-corrected chi connectivity index (χ4v) is 2.50. The van der Waals surface area contributed by atoms with E-state index in [0.29, 0.717) is 0 Å². The number of benzene rings is 1. The molecule has 1 unspecified atom stereocenters. The average Bonchev–Trinajstić information content (AvgIpc) is 2.26. The predicted molar refractivity (Wildman–Crippen MR) is 73.1 cm³/mol. The summed E-state index contributed by atoms with van der Waals surface area (Å²) in [5.74, 6) is 0.771. The van der Waals surface area contributed by atoms with Crippen molar-refractivity contribution in [1.29, 1.82) is 0 Å². The van der Waals surface area contributed by atoms with E-state index in [-0.39, 0.29) is 0 Å². The summed E-state index contributed by atoms with van der Waals surface area (Å²) in [4.78, 5) is 0. The first-order chi connectivity index (χ1) is 7.69. The fraction of sp³-hybridized carbons (Fsp3) is 0.625. The lowest BCUT2D eigenvalue weighted by Gasteiger charge is -2.18. The van der Waals surface area contributed by atoms with Crippen LogP contribution in [0.25, 0.3) is 0 Å². The van der Waals surface area contributed by atoms with Gasteiger partial charge in [0.25, 0.3) is 0 Å². The monoisotopic (exact) mass is 218 g/mol. The van der Waals surface area contributed by atoms with Crippen molar-refractivity contribution in [1.82, 2.24) is 0 Å². The summed E-state index contributed by atoms with van der Waals surface area (Å²) in [7, 11) is 0. The van der Waals surface area contributed by atoms with Crippen molar-refractivity contribution in [2.75, 3.05) is 0 Å². The maximum atomic E-state index is 2.34. The first-order valence-electron chi connectivity index (χ1n) is 6.76. The molecule has 0 radical (unpaired) electrons. The molecule has 0 aliphatic carbocycles. The maximum absolute atomic E-state index is 2.34. The van der Waals surface area contributed by atoms with Gasteiger partial charge in [-0.05, 0) is 43.7 Å². The van der Waals surface area contributed by atoms with E-state index in [4.69, 9.17) is 0 Å². The molecule has 0 fully saturated rings. The number of hydrogen-bond acceptors (Lipinski definition) is 0. The molecular weight excluding hydrogens is 192 g/mol. The molecule has 1 aromatic carbocycles. The largest absolute Gasteiger partial charge is 0.0654 e. The van der Waals surface area contributed by atoms with Crippen molar-refractivity contribution in [3.63, 3.8) is 0 Å². The van der Waals surface area contributed by atoms with E-state index in [0.717, 1.165) is 5.92 Å². The zero-order valence-electron chi connectivity index (χ0n) is 11.3. The number of hydrogen-bond donors (Lipinski definition) is 0. The van der Waals surface area contributed by atoms with Crippen LogP contribution in [0.3, 0.4) is 0 Å². The summed E-state index contributed by atoms with van der Waals surface area (Å²) in [5, 5.41) is 0. The Morgan fingerprint density at radius 1 is 1.06 bits per heavy atom. The van der Waals surface area contributed by atoms with Gasteiger partial charge in [-0.1, -0.05) is 56.9 Å². The van der Waals surface area contributed by atoms with E-state index in [1.165, 1.54) is 43.2 Å². The molecule has 0 N–H and O–H groups in total. The lowest BCUT2D eigenvalue weighted by atomic mass is 9.87. The Balaban J connectivity index is 2.70. The molecule has 0 aromatic heterocycles. The SMILES string of the molecule is CCCCCC(CC)c1ccc(C)cc1C. The minimum Gasteiger partial charge on any atom is -0.0654 e. The summed E-state index contributed by atoms with van der Waals surface area (Å²) < 4.78 is 0. The Bertz CT molecular complexity index is 312. The van der Waals surface area contributed by atoms with Gasteiger partial charge in [0.1, 0.15) is 0 Å². The second kappa shape index (κ2) is 6.73. The third kappa shape index (κ3) is 3.66. The van der Waals surface area contributed by atoms with Crippen molar-refractivity contribution in [2.45, 2.75) is 65.7 Å². The van der Waals surface area contributed by atoms with Crippen LogP contribution in [0.15, 0.2) is 18.2 Å². The summed E-state index contributed by atoms with van der Waals surface area (Å²) in [6.45, 7) is 9.02. The van der Waals surface area contributed by atoms with Crippen LogP contribution in [0.1, 0.15) is 68.6 Å². The Morgan fingerprint density at radius 3 is 2.38 bits per heavy atom. The highest BCUT2D eigenvalue weighted by molar-refractivity contribution is 5.33. The lowest BCUT2D eigenvalue weighted by molar-refractivity contribution is 0.551. The van der Waals surface area contributed by atoms with Crippen LogP contribution in [-0.2, 0) is 0 Å². The van der Waals surface area contributed by atoms with Gasteiger partial charge in [-0.15, -0.1) is 0 Å². The fourth-order valence-electron chi connectivity index (χ4n) is 2.50. The van der Waals surface area contributed by atoms with Crippen molar-refractivity contribution in [2.24, 2.45) is 0 Å². The van der Waals surface area contributed by atoms with Gasteiger partial charge in [-0.2, -0.15) is 0 Å². The van der Waals surface area contributed by atoms with Crippen molar-refractivity contribution in [3.05, 3.63) is 34.9 Å². The van der Waals surface area contributed by atoms with E-state index < -0.39 is 0 Å². The minimum absolute atomic E-state index is 0.771. The average molecular weight is 218 g/mol. The van der Waals surface area contributed by atoms with Gasteiger partial charge in [0.15, 0.2) is 0 Å². The summed E-state index contributed by atoms with van der Waals surface area (Å²) in [6.07, 6.45) is 6.70. The highest BCUT2D eigenvalue weighted by Gasteiger charge is 2.11. The van der Waals surface area contributed by atoms with Crippen molar-refractivity contribution < 1.29 is 0 Å². The molecule has 0 heterocycles. The molecule has 0 saturated heterocycles. The van der Waals surface area contributed by atoms with Gasteiger partial charge in [0.2, 0.25) is 0 Å². The molecule has 0 spiro atoms. The quantitative estimate of drug-likeness (QED) is 0.562. The molecule has 0 bridgehead atoms. The van der Waals surface area contributed by atoms with E-state index in [1.807, 2.05) is 0 Å². The Morgan fingerprint density at radius 2 is 1.81 bits per heavy atom. The molecule has 0 nitrogen and oxygen atoms in total. The highest BCUT2D eigenvalue weighted by Crippen LogP contribution is 2.28. The van der Waals surface area contributed by atoms with Crippen LogP contribution in [0.4, 0.5) is 0 Å². The van der Waals surface area contributed by atoms with Gasteiger partial charge in [0.05, 0.1) is 0 Å². The number of aryl methyl sites for hydroxylation is 2. The molecule has 0 aliphatic rings. The smallest absolute Gasteiger partial charge is 0.0162 e. The van der Waals surface area contributed by atoms with Crippen molar-refractivity contribution in [3.8, 4) is 0 Å². The molecule has 1 aromatic rings. The topological polar surface area (TPSA) is 0 Å². The van der Waals surface area contributed by atoms with Gasteiger partial charge in [-0.25, -0.2) is 0 Å². The van der Waals surface area contributed by atoms with E-state index in [9.17, 15) is 0 Å². The molecule has 90 valence electrons. The van der Waals surface area contributed by atoms with Gasteiger partial charge >= 0.3 is 0 Å². The van der Waals surface area contributed by atoms with Gasteiger partial charge in [0, 0.05) is 0 Å². The molecule has 0 saturated carbocycles. The van der Waals surface area contributed by atoms with Crippen LogP contribution in [-0.4, -0.2) is 0 Å². The summed E-state index contributed by atoms with van der Waals surface area (Å²) >= 11 is 0. The molecule has 1 atom stereocenters. The minimum atomic E-state index is 0.771. The van der Waals surface area contributed by atoms with Crippen LogP contribution in [0.2, 0.25) is 0 Å². The van der Waals surface area contributed by atoms with E-state index >= 15 is 0 Å². The van der Waals surface area contributed by atoms with E-state index in [2.05, 4.69) is 45.9 Å². The van der Waals surface area contributed by atoms with Gasteiger partial charge in [-0.3, -0.25) is 0 Å². The molecule has 0 heteroatoms. The molecule has 0 aliphatic heterocycles. The first kappa shape index (κ1) is 13.3. The van der Waals surface area contributed by atoms with Crippen LogP contribution in [0, 0.1) is 13.8 Å². The third-order valence-electron chi connectivity index (χ3n) is 3.51. The number of rotatable bonds is 6. The predicted octanol–water partition coefficient (Wildman–Crippen LogP) is 5.38. The van der Waals surface area contributed by atoms with Crippen LogP contribution < -0.4 is 0 Å². The second-order valence-corrected chi connectivity index (χ2v) is 4.96. The third-order valence-corrected chi connectivity index (χ3v) is 3.51. The number of unbranched alkanes of at least 4 members (excludes halogenated alkanes) is 2.